The Morgan fingerprint density at radius 1 is 1.46 bits per heavy atom. The predicted octanol–water partition coefficient (Wildman–Crippen LogP) is -2.40. The van der Waals surface area contributed by atoms with E-state index in [4.69, 9.17) is 5.73 Å². The van der Waals surface area contributed by atoms with Crippen molar-refractivity contribution < 1.29 is 9.18 Å². The van der Waals surface area contributed by atoms with Crippen molar-refractivity contribution in [3.05, 3.63) is 17.2 Å². The molecule has 0 aromatic heterocycles. The van der Waals surface area contributed by atoms with Gasteiger partial charge in [0.05, 0.1) is 36.9 Å². The average Bonchev–Trinajstić information content (AvgIpc) is 3.17. The average molecular weight is 365 g/mol. The van der Waals surface area contributed by atoms with E-state index in [0.29, 0.717) is 13.2 Å². The summed E-state index contributed by atoms with van der Waals surface area (Å²) in [4.78, 5) is 16.9. The fourth-order valence-electron chi connectivity index (χ4n) is 3.68. The summed E-state index contributed by atoms with van der Waals surface area (Å²) in [6, 6.07) is 0. The van der Waals surface area contributed by atoms with Crippen LogP contribution in [0.15, 0.2) is 22.2 Å². The number of carbonyl (C=O) groups excluding carboxylic acids is 1. The first-order valence-electron chi connectivity index (χ1n) is 8.79. The molecule has 0 aromatic carbocycles. The van der Waals surface area contributed by atoms with Crippen LogP contribution in [0.3, 0.4) is 0 Å². The lowest BCUT2D eigenvalue weighted by atomic mass is 10.0. The van der Waals surface area contributed by atoms with Gasteiger partial charge in [0.1, 0.15) is 12.1 Å². The Balaban J connectivity index is 1.52. The predicted molar refractivity (Wildman–Crippen MR) is 92.2 cm³/mol. The summed E-state index contributed by atoms with van der Waals surface area (Å²) in [6.45, 7) is 4.12. The molecule has 2 fully saturated rings. The molecule has 4 heterocycles. The Hall–Kier alpha value is -1.85. The molecule has 0 aliphatic carbocycles. The van der Waals surface area contributed by atoms with Crippen molar-refractivity contribution >= 4 is 11.8 Å². The van der Waals surface area contributed by atoms with E-state index in [2.05, 4.69) is 37.7 Å². The largest absolute Gasteiger partial charge is 0.326 e. The Morgan fingerprint density at radius 2 is 2.31 bits per heavy atom. The molecule has 4 rings (SSSR count). The van der Waals surface area contributed by atoms with Crippen LogP contribution in [0.5, 0.6) is 0 Å². The van der Waals surface area contributed by atoms with Gasteiger partial charge >= 0.3 is 0 Å². The van der Waals surface area contributed by atoms with Crippen LogP contribution in [-0.4, -0.2) is 66.6 Å². The summed E-state index contributed by atoms with van der Waals surface area (Å²) in [5.41, 5.74) is 14.2. The third-order valence-corrected chi connectivity index (χ3v) is 4.97. The molecule has 4 aliphatic rings. The van der Waals surface area contributed by atoms with Gasteiger partial charge in [-0.1, -0.05) is 0 Å². The van der Waals surface area contributed by atoms with Crippen LogP contribution in [0.25, 0.3) is 0 Å². The third kappa shape index (κ3) is 3.26. The van der Waals surface area contributed by atoms with Gasteiger partial charge in [-0.25, -0.2) is 20.9 Å². The molecule has 10 nitrogen and oxygen atoms in total. The number of rotatable bonds is 3. The molecule has 7 N–H and O–H groups in total. The second kappa shape index (κ2) is 7.05. The number of fused-ring (bicyclic) bond motifs is 1. The van der Waals surface area contributed by atoms with E-state index in [1.807, 2.05) is 11.9 Å². The molecule has 0 radical (unpaired) electrons. The summed E-state index contributed by atoms with van der Waals surface area (Å²) in [5, 5.41) is 13.1. The molecule has 4 unspecified atom stereocenters. The Morgan fingerprint density at radius 3 is 3.08 bits per heavy atom. The van der Waals surface area contributed by atoms with Crippen molar-refractivity contribution in [1.82, 2.24) is 36.8 Å². The highest BCUT2D eigenvalue weighted by atomic mass is 19.1. The van der Waals surface area contributed by atoms with E-state index in [1.54, 1.807) is 5.01 Å². The zero-order valence-electron chi connectivity index (χ0n) is 14.6. The molecule has 0 bridgehead atoms. The van der Waals surface area contributed by atoms with Crippen LogP contribution in [0.2, 0.25) is 0 Å². The van der Waals surface area contributed by atoms with E-state index in [0.717, 1.165) is 24.4 Å². The molecule has 11 heteroatoms. The van der Waals surface area contributed by atoms with Crippen LogP contribution in [0.1, 0.15) is 13.3 Å². The van der Waals surface area contributed by atoms with E-state index in [1.165, 1.54) is 0 Å². The quantitative estimate of drug-likeness (QED) is 0.328. The number of hydrazine groups is 2. The maximum Gasteiger partial charge on any atom is 0.233 e. The standard InChI is InChI=1S/C15H24FN9O/c1-8-20-7-25(22-8)11-2-3-18-5-10(11)21-15(26)12-13(17)23-24-6-9(16)4-19-14(12)24/h8,12-14,18,20,22-23H,2-3,5-7,17H2,1H3,(H,21,26). The normalized spacial score (nSPS) is 34.9. The maximum atomic E-state index is 13.4. The van der Waals surface area contributed by atoms with Gasteiger partial charge in [0.25, 0.3) is 0 Å². The van der Waals surface area contributed by atoms with Gasteiger partial charge in [0.15, 0.2) is 5.83 Å². The minimum atomic E-state index is -0.636. The van der Waals surface area contributed by atoms with Gasteiger partial charge in [-0.2, -0.15) is 4.39 Å². The number of carbonyl (C=O) groups is 1. The lowest BCUT2D eigenvalue weighted by molar-refractivity contribution is -0.125. The Labute approximate surface area is 150 Å². The van der Waals surface area contributed by atoms with Crippen molar-refractivity contribution in [1.29, 1.82) is 0 Å². The van der Waals surface area contributed by atoms with Crippen LogP contribution < -0.4 is 32.5 Å². The number of amides is 1. The molecule has 26 heavy (non-hydrogen) atoms. The first-order chi connectivity index (χ1) is 12.5. The zero-order chi connectivity index (χ0) is 18.3. The van der Waals surface area contributed by atoms with Gasteiger partial charge in [0.2, 0.25) is 5.91 Å². The van der Waals surface area contributed by atoms with Gasteiger partial charge in [-0.3, -0.25) is 15.1 Å². The fourth-order valence-corrected chi connectivity index (χ4v) is 3.68. The molecule has 4 aliphatic heterocycles. The van der Waals surface area contributed by atoms with Crippen molar-refractivity contribution in [2.75, 3.05) is 26.3 Å². The maximum absolute atomic E-state index is 13.4. The minimum Gasteiger partial charge on any atom is -0.326 e. The van der Waals surface area contributed by atoms with Gasteiger partial charge < -0.3 is 16.4 Å². The van der Waals surface area contributed by atoms with Crippen LogP contribution in [0.4, 0.5) is 4.39 Å². The molecule has 2 saturated heterocycles. The highest BCUT2D eigenvalue weighted by Gasteiger charge is 2.46. The molecule has 0 aromatic rings. The molecule has 0 spiro atoms. The smallest absolute Gasteiger partial charge is 0.233 e. The summed E-state index contributed by atoms with van der Waals surface area (Å²) >= 11 is 0. The van der Waals surface area contributed by atoms with Crippen LogP contribution in [-0.2, 0) is 4.79 Å². The number of aliphatic imine (C=N–C) groups is 1. The minimum absolute atomic E-state index is 0.00239. The Bertz CT molecular complexity index is 689. The summed E-state index contributed by atoms with van der Waals surface area (Å²) < 4.78 is 13.4. The summed E-state index contributed by atoms with van der Waals surface area (Å²) in [5.74, 6) is 0.982. The molecule has 4 atom stereocenters. The highest BCUT2D eigenvalue weighted by molar-refractivity contribution is 5.82. The van der Waals surface area contributed by atoms with Crippen LogP contribution >= 0.6 is 0 Å². The summed E-state index contributed by atoms with van der Waals surface area (Å²) in [6.07, 6.45) is -0.220. The number of nitrogens with zero attached hydrogens (tertiary/aromatic N) is 3. The first-order valence-corrected chi connectivity index (χ1v) is 8.79. The Kier molecular flexibility index (Phi) is 4.76. The SMILES string of the molecule is CC1NCN(C2=C(NC(=O)C3C(N)NN4CC(F)=C=NC34)CNCC2)N1. The molecular formula is C15H24FN9O. The van der Waals surface area contributed by atoms with Crippen molar-refractivity contribution in [3.8, 4) is 0 Å². The van der Waals surface area contributed by atoms with Gasteiger partial charge in [0, 0.05) is 25.4 Å². The monoisotopic (exact) mass is 365 g/mol. The highest BCUT2D eigenvalue weighted by Crippen LogP contribution is 2.25. The van der Waals surface area contributed by atoms with E-state index in [-0.39, 0.29) is 18.6 Å². The number of halogens is 1. The molecule has 142 valence electrons. The molecular weight excluding hydrogens is 341 g/mol. The molecule has 1 amide bonds. The summed E-state index contributed by atoms with van der Waals surface area (Å²) in [7, 11) is 0. The lowest BCUT2D eigenvalue weighted by Crippen LogP contribution is -2.48. The van der Waals surface area contributed by atoms with E-state index >= 15 is 0 Å². The zero-order valence-corrected chi connectivity index (χ0v) is 14.6. The lowest BCUT2D eigenvalue weighted by Gasteiger charge is -2.30. The molecule has 0 saturated carbocycles. The number of nitrogens with two attached hydrogens (primary N) is 1. The topological polar surface area (TPSA) is 122 Å². The van der Waals surface area contributed by atoms with Crippen molar-refractivity contribution in [3.63, 3.8) is 0 Å². The first kappa shape index (κ1) is 17.6. The number of nitrogens with one attached hydrogen (secondary N) is 5. The van der Waals surface area contributed by atoms with E-state index < -0.39 is 24.1 Å². The van der Waals surface area contributed by atoms with Gasteiger partial charge in [-0.15, -0.1) is 0 Å². The van der Waals surface area contributed by atoms with Crippen molar-refractivity contribution in [2.24, 2.45) is 16.6 Å². The number of hydrogen-bond donors (Lipinski definition) is 6. The van der Waals surface area contributed by atoms with Crippen LogP contribution in [0, 0.1) is 5.92 Å². The third-order valence-electron chi connectivity index (χ3n) is 4.97. The second-order valence-electron chi connectivity index (χ2n) is 6.85. The second-order valence-corrected chi connectivity index (χ2v) is 6.85. The fraction of sp³-hybridized carbons (Fsp3) is 0.667. The van der Waals surface area contributed by atoms with E-state index in [9.17, 15) is 9.18 Å². The van der Waals surface area contributed by atoms with Gasteiger partial charge in [-0.05, 0) is 6.92 Å². The van der Waals surface area contributed by atoms with Crippen molar-refractivity contribution in [2.45, 2.75) is 31.8 Å². The number of hydrogen-bond acceptors (Lipinski definition) is 9.